The number of aldehydes is 1. The predicted molar refractivity (Wildman–Crippen MR) is 116 cm³/mol. The van der Waals surface area contributed by atoms with Crippen LogP contribution < -0.4 is 4.90 Å². The number of aliphatic hydroxyl groups excluding tert-OH is 1. The quantitative estimate of drug-likeness (QED) is 0.753. The normalized spacial score (nSPS) is 21.1. The lowest BCUT2D eigenvalue weighted by atomic mass is 9.97. The maximum Gasteiger partial charge on any atom is 0.134 e. The summed E-state index contributed by atoms with van der Waals surface area (Å²) in [7, 11) is 0. The van der Waals surface area contributed by atoms with Crippen LogP contribution in [0, 0.1) is 11.8 Å². The van der Waals surface area contributed by atoms with Gasteiger partial charge in [0.25, 0.3) is 0 Å². The van der Waals surface area contributed by atoms with Gasteiger partial charge in [0.05, 0.1) is 5.92 Å². The Labute approximate surface area is 168 Å². The Kier molecular flexibility index (Phi) is 6.74. The molecule has 2 aliphatic rings. The highest BCUT2D eigenvalue weighted by Gasteiger charge is 2.25. The van der Waals surface area contributed by atoms with Gasteiger partial charge in [-0.3, -0.25) is 4.90 Å². The standard InChI is InChI=1S/C24H32N2O2/c1-4-19-7-5-6-8-23(19)26-13-11-25(12-14-26)16-21-10-9-20(18(2)3)15-24(28)22(21)17-27/h5-10,15,17-18,22,28H,4,11-14,16H2,1-3H3. The van der Waals surface area contributed by atoms with Crippen molar-refractivity contribution in [2.75, 3.05) is 37.6 Å². The molecule has 3 rings (SSSR count). The van der Waals surface area contributed by atoms with Crippen molar-refractivity contribution >= 4 is 12.0 Å². The van der Waals surface area contributed by atoms with Gasteiger partial charge in [-0.15, -0.1) is 0 Å². The van der Waals surface area contributed by atoms with Crippen molar-refractivity contribution < 1.29 is 9.90 Å². The number of benzene rings is 1. The van der Waals surface area contributed by atoms with Crippen LogP contribution in [0.1, 0.15) is 26.3 Å². The summed E-state index contributed by atoms with van der Waals surface area (Å²) >= 11 is 0. The minimum atomic E-state index is -0.536. The minimum absolute atomic E-state index is 0.161. The topological polar surface area (TPSA) is 43.8 Å². The van der Waals surface area contributed by atoms with E-state index < -0.39 is 5.92 Å². The van der Waals surface area contributed by atoms with E-state index in [0.29, 0.717) is 12.5 Å². The Morgan fingerprint density at radius 3 is 2.50 bits per heavy atom. The lowest BCUT2D eigenvalue weighted by molar-refractivity contribution is -0.110. The molecule has 28 heavy (non-hydrogen) atoms. The molecular weight excluding hydrogens is 348 g/mol. The minimum Gasteiger partial charge on any atom is -0.511 e. The highest BCUT2D eigenvalue weighted by molar-refractivity contribution is 5.65. The van der Waals surface area contributed by atoms with E-state index in [9.17, 15) is 9.90 Å². The first-order valence-electron chi connectivity index (χ1n) is 10.3. The number of aryl methyl sites for hydroxylation is 1. The Hall–Kier alpha value is -2.33. The van der Waals surface area contributed by atoms with Crippen LogP contribution in [-0.2, 0) is 11.2 Å². The molecule has 1 aromatic rings. The second-order valence-electron chi connectivity index (χ2n) is 7.99. The zero-order chi connectivity index (χ0) is 20.1. The van der Waals surface area contributed by atoms with E-state index in [1.54, 1.807) is 6.08 Å². The summed E-state index contributed by atoms with van der Waals surface area (Å²) in [6.07, 6.45) is 7.75. The van der Waals surface area contributed by atoms with Gasteiger partial charge in [0.15, 0.2) is 0 Å². The molecule has 1 unspecified atom stereocenters. The number of carbonyl (C=O) groups is 1. The van der Waals surface area contributed by atoms with Crippen molar-refractivity contribution in [3.8, 4) is 0 Å². The van der Waals surface area contributed by atoms with E-state index in [1.807, 2.05) is 12.2 Å². The Morgan fingerprint density at radius 2 is 1.86 bits per heavy atom. The molecule has 4 heteroatoms. The van der Waals surface area contributed by atoms with Gasteiger partial charge in [0, 0.05) is 38.4 Å². The van der Waals surface area contributed by atoms with E-state index in [-0.39, 0.29) is 5.76 Å². The number of allylic oxidation sites excluding steroid dienone is 5. The van der Waals surface area contributed by atoms with Gasteiger partial charge in [0.2, 0.25) is 0 Å². The molecule has 1 fully saturated rings. The van der Waals surface area contributed by atoms with Crippen LogP contribution in [0.4, 0.5) is 5.69 Å². The maximum atomic E-state index is 11.7. The molecular formula is C24H32N2O2. The number of piperazine rings is 1. The largest absolute Gasteiger partial charge is 0.511 e. The predicted octanol–water partition coefficient (Wildman–Crippen LogP) is 4.15. The number of para-hydroxylation sites is 1. The molecule has 1 aliphatic heterocycles. The van der Waals surface area contributed by atoms with Crippen molar-refractivity contribution in [3.63, 3.8) is 0 Å². The van der Waals surface area contributed by atoms with Crippen molar-refractivity contribution in [1.82, 2.24) is 4.90 Å². The van der Waals surface area contributed by atoms with Crippen LogP contribution in [0.2, 0.25) is 0 Å². The van der Waals surface area contributed by atoms with Gasteiger partial charge in [-0.05, 0) is 41.2 Å². The number of anilines is 1. The van der Waals surface area contributed by atoms with Gasteiger partial charge in [-0.2, -0.15) is 0 Å². The van der Waals surface area contributed by atoms with Crippen LogP contribution in [-0.4, -0.2) is 49.0 Å². The van der Waals surface area contributed by atoms with E-state index in [1.165, 1.54) is 11.3 Å². The van der Waals surface area contributed by atoms with Crippen molar-refractivity contribution in [2.24, 2.45) is 11.8 Å². The molecule has 0 aromatic heterocycles. The number of nitrogens with zero attached hydrogens (tertiary/aromatic N) is 2. The van der Waals surface area contributed by atoms with E-state index in [2.05, 4.69) is 54.8 Å². The summed E-state index contributed by atoms with van der Waals surface area (Å²) in [5.41, 5.74) is 4.76. The van der Waals surface area contributed by atoms with Gasteiger partial charge in [-0.25, -0.2) is 0 Å². The second kappa shape index (κ2) is 9.24. The lowest BCUT2D eigenvalue weighted by Crippen LogP contribution is -2.47. The van der Waals surface area contributed by atoms with Gasteiger partial charge >= 0.3 is 0 Å². The van der Waals surface area contributed by atoms with Crippen LogP contribution in [0.15, 0.2) is 59.4 Å². The Morgan fingerprint density at radius 1 is 1.14 bits per heavy atom. The maximum absolute atomic E-state index is 11.7. The molecule has 1 aromatic carbocycles. The third-order valence-electron chi connectivity index (χ3n) is 5.82. The smallest absolute Gasteiger partial charge is 0.134 e. The number of carbonyl (C=O) groups excluding carboxylic acids is 1. The third-order valence-corrected chi connectivity index (χ3v) is 5.82. The van der Waals surface area contributed by atoms with Crippen LogP contribution >= 0.6 is 0 Å². The van der Waals surface area contributed by atoms with Gasteiger partial charge < -0.3 is 14.8 Å². The fourth-order valence-electron chi connectivity index (χ4n) is 4.00. The molecule has 4 nitrogen and oxygen atoms in total. The van der Waals surface area contributed by atoms with Crippen LogP contribution in [0.5, 0.6) is 0 Å². The Bertz CT molecular complexity index is 784. The summed E-state index contributed by atoms with van der Waals surface area (Å²) < 4.78 is 0. The van der Waals surface area contributed by atoms with Crippen molar-refractivity contribution in [2.45, 2.75) is 27.2 Å². The average molecular weight is 381 g/mol. The summed E-state index contributed by atoms with van der Waals surface area (Å²) in [5.74, 6) is -0.0622. The molecule has 150 valence electrons. The molecule has 0 radical (unpaired) electrons. The van der Waals surface area contributed by atoms with Crippen molar-refractivity contribution in [1.29, 1.82) is 0 Å². The summed E-state index contributed by atoms with van der Waals surface area (Å²) in [4.78, 5) is 16.5. The lowest BCUT2D eigenvalue weighted by Gasteiger charge is -2.37. The molecule has 1 heterocycles. The molecule has 1 N–H and O–H groups in total. The SMILES string of the molecule is CCc1ccccc1N1CCN(CC2=CC=C(C(C)C)C=C(O)C2C=O)CC1. The highest BCUT2D eigenvalue weighted by Crippen LogP contribution is 2.27. The molecule has 0 bridgehead atoms. The average Bonchev–Trinajstić information content (AvgIpc) is 2.87. The zero-order valence-corrected chi connectivity index (χ0v) is 17.3. The monoisotopic (exact) mass is 380 g/mol. The first-order valence-corrected chi connectivity index (χ1v) is 10.3. The van der Waals surface area contributed by atoms with Gasteiger partial charge in [-0.1, -0.05) is 51.1 Å². The molecule has 0 saturated carbocycles. The van der Waals surface area contributed by atoms with Crippen LogP contribution in [0.3, 0.4) is 0 Å². The number of hydrogen-bond donors (Lipinski definition) is 1. The molecule has 0 spiro atoms. The second-order valence-corrected chi connectivity index (χ2v) is 7.99. The fourth-order valence-corrected chi connectivity index (χ4v) is 4.00. The molecule has 1 atom stereocenters. The number of rotatable bonds is 6. The third kappa shape index (κ3) is 4.56. The summed E-state index contributed by atoms with van der Waals surface area (Å²) in [5, 5.41) is 10.4. The highest BCUT2D eigenvalue weighted by atomic mass is 16.3. The molecule has 1 aliphatic carbocycles. The fraction of sp³-hybridized carbons (Fsp3) is 0.458. The van der Waals surface area contributed by atoms with E-state index in [4.69, 9.17) is 0 Å². The molecule has 1 saturated heterocycles. The Balaban J connectivity index is 1.68. The van der Waals surface area contributed by atoms with Crippen LogP contribution in [0.25, 0.3) is 0 Å². The number of aliphatic hydroxyl groups is 1. The zero-order valence-electron chi connectivity index (χ0n) is 17.3. The summed E-state index contributed by atoms with van der Waals surface area (Å²) in [6, 6.07) is 8.64. The first kappa shape index (κ1) is 20.4. The first-order chi connectivity index (χ1) is 13.5. The van der Waals surface area contributed by atoms with E-state index in [0.717, 1.165) is 50.0 Å². The van der Waals surface area contributed by atoms with Crippen molar-refractivity contribution in [3.05, 3.63) is 65.0 Å². The molecule has 0 amide bonds. The number of hydrogen-bond acceptors (Lipinski definition) is 4. The van der Waals surface area contributed by atoms with Gasteiger partial charge in [0.1, 0.15) is 12.0 Å². The summed E-state index contributed by atoms with van der Waals surface area (Å²) in [6.45, 7) is 11.0. The van der Waals surface area contributed by atoms with E-state index >= 15 is 0 Å².